The predicted molar refractivity (Wildman–Crippen MR) is 122 cm³/mol. The normalized spacial score (nSPS) is 15.6. The molecule has 2 aliphatic heterocycles. The van der Waals surface area contributed by atoms with Gasteiger partial charge >= 0.3 is 0 Å². The minimum absolute atomic E-state index is 0.0434. The lowest BCUT2D eigenvalue weighted by atomic mass is 9.98. The predicted octanol–water partition coefficient (Wildman–Crippen LogP) is 2.38. The summed E-state index contributed by atoms with van der Waals surface area (Å²) in [5, 5.41) is 7.22. The first-order chi connectivity index (χ1) is 15.2. The van der Waals surface area contributed by atoms with E-state index in [0.29, 0.717) is 23.8 Å². The molecule has 2 aliphatic rings. The molecule has 0 bridgehead atoms. The standard InChI is InChI=1S/C21H21N5O4S2/c1-24-8-7-13-11-14(3-4-15(13)21(24)28)25-9-10-26-18(25)12-17(23-26)22-20(27)16-5-6-19(31-16)32(2,29)30/h3-6,11-12H,7-10H2,1-2H3,(H,22,23,27). The summed E-state index contributed by atoms with van der Waals surface area (Å²) in [5.74, 6) is 0.896. The lowest BCUT2D eigenvalue weighted by molar-refractivity contribution is 0.0780. The summed E-state index contributed by atoms with van der Waals surface area (Å²) in [7, 11) is -1.54. The largest absolute Gasteiger partial charge is 0.341 e. The van der Waals surface area contributed by atoms with Gasteiger partial charge in [-0.3, -0.25) is 9.59 Å². The van der Waals surface area contributed by atoms with Crippen molar-refractivity contribution in [3.63, 3.8) is 0 Å². The van der Waals surface area contributed by atoms with E-state index in [1.807, 2.05) is 23.9 Å². The van der Waals surface area contributed by atoms with Gasteiger partial charge in [0.2, 0.25) is 0 Å². The Morgan fingerprint density at radius 2 is 1.94 bits per heavy atom. The number of fused-ring (bicyclic) bond motifs is 2. The van der Waals surface area contributed by atoms with Gasteiger partial charge in [-0.25, -0.2) is 13.1 Å². The first-order valence-corrected chi connectivity index (χ1v) is 12.8. The van der Waals surface area contributed by atoms with E-state index in [1.54, 1.807) is 11.0 Å². The molecule has 0 fully saturated rings. The van der Waals surface area contributed by atoms with Gasteiger partial charge in [0.15, 0.2) is 15.7 Å². The number of likely N-dealkylation sites (N-methyl/N-ethyl adjacent to an activating group) is 1. The van der Waals surface area contributed by atoms with Crippen LogP contribution in [0.25, 0.3) is 0 Å². The van der Waals surface area contributed by atoms with Crippen LogP contribution < -0.4 is 10.2 Å². The van der Waals surface area contributed by atoms with Gasteiger partial charge in [0, 0.05) is 43.7 Å². The van der Waals surface area contributed by atoms with Crippen LogP contribution in [-0.4, -0.2) is 61.3 Å². The molecule has 0 aliphatic carbocycles. The average molecular weight is 472 g/mol. The van der Waals surface area contributed by atoms with E-state index in [0.717, 1.165) is 53.2 Å². The van der Waals surface area contributed by atoms with Gasteiger partial charge in [-0.05, 0) is 42.3 Å². The Balaban J connectivity index is 1.36. The zero-order valence-electron chi connectivity index (χ0n) is 17.5. The van der Waals surface area contributed by atoms with Crippen molar-refractivity contribution in [2.45, 2.75) is 17.2 Å². The highest BCUT2D eigenvalue weighted by atomic mass is 32.2. The minimum Gasteiger partial charge on any atom is -0.341 e. The number of hydrogen-bond acceptors (Lipinski definition) is 7. The second kappa shape index (κ2) is 7.45. The van der Waals surface area contributed by atoms with E-state index in [2.05, 4.69) is 21.4 Å². The van der Waals surface area contributed by atoms with Gasteiger partial charge in [0.25, 0.3) is 11.8 Å². The number of sulfone groups is 1. The number of nitrogens with one attached hydrogen (secondary N) is 1. The second-order valence-corrected chi connectivity index (χ2v) is 11.3. The summed E-state index contributed by atoms with van der Waals surface area (Å²) in [5.41, 5.74) is 2.76. The molecule has 5 rings (SSSR count). The second-order valence-electron chi connectivity index (χ2n) is 7.93. The molecule has 2 aromatic heterocycles. The average Bonchev–Trinajstić information content (AvgIpc) is 3.46. The Hall–Kier alpha value is -3.18. The summed E-state index contributed by atoms with van der Waals surface area (Å²) >= 11 is 0.933. The summed E-state index contributed by atoms with van der Waals surface area (Å²) in [6, 6.07) is 10.6. The number of hydrogen-bond donors (Lipinski definition) is 1. The van der Waals surface area contributed by atoms with Crippen molar-refractivity contribution in [1.29, 1.82) is 0 Å². The highest BCUT2D eigenvalue weighted by molar-refractivity contribution is 7.92. The molecule has 0 radical (unpaired) electrons. The summed E-state index contributed by atoms with van der Waals surface area (Å²) in [4.78, 5) is 29.1. The van der Waals surface area contributed by atoms with Gasteiger partial charge in [0.05, 0.1) is 11.4 Å². The molecular weight excluding hydrogens is 450 g/mol. The summed E-state index contributed by atoms with van der Waals surface area (Å²) in [6.07, 6.45) is 1.93. The third-order valence-electron chi connectivity index (χ3n) is 5.68. The number of carbonyl (C=O) groups excluding carboxylic acids is 2. The van der Waals surface area contributed by atoms with E-state index in [9.17, 15) is 18.0 Å². The van der Waals surface area contributed by atoms with E-state index < -0.39 is 15.7 Å². The molecule has 4 heterocycles. The lowest BCUT2D eigenvalue weighted by Crippen LogP contribution is -2.34. The van der Waals surface area contributed by atoms with Crippen molar-refractivity contribution in [3.8, 4) is 0 Å². The fourth-order valence-corrected chi connectivity index (χ4v) is 5.82. The van der Waals surface area contributed by atoms with Crippen LogP contribution in [0, 0.1) is 0 Å². The van der Waals surface area contributed by atoms with E-state index >= 15 is 0 Å². The molecule has 0 unspecified atom stereocenters. The highest BCUT2D eigenvalue weighted by Gasteiger charge is 2.27. The van der Waals surface area contributed by atoms with Crippen LogP contribution in [0.3, 0.4) is 0 Å². The van der Waals surface area contributed by atoms with Crippen LogP contribution in [0.4, 0.5) is 17.3 Å². The third-order valence-corrected chi connectivity index (χ3v) is 8.58. The number of benzene rings is 1. The molecular formula is C21H21N5O4S2. The van der Waals surface area contributed by atoms with Gasteiger partial charge in [0.1, 0.15) is 10.0 Å². The Bertz CT molecular complexity index is 1360. The number of rotatable bonds is 4. The minimum atomic E-state index is -3.35. The van der Waals surface area contributed by atoms with Gasteiger partial charge in [-0.2, -0.15) is 5.10 Å². The van der Waals surface area contributed by atoms with Crippen molar-refractivity contribution < 1.29 is 18.0 Å². The number of amides is 2. The van der Waals surface area contributed by atoms with E-state index in [1.165, 1.54) is 12.1 Å². The fraction of sp³-hybridized carbons (Fsp3) is 0.286. The first kappa shape index (κ1) is 20.7. The monoisotopic (exact) mass is 471 g/mol. The molecule has 0 atom stereocenters. The Morgan fingerprint density at radius 1 is 1.12 bits per heavy atom. The molecule has 1 aromatic carbocycles. The molecule has 0 saturated carbocycles. The zero-order chi connectivity index (χ0) is 22.6. The smallest absolute Gasteiger partial charge is 0.266 e. The Kier molecular flexibility index (Phi) is 4.82. The van der Waals surface area contributed by atoms with E-state index in [4.69, 9.17) is 0 Å². The van der Waals surface area contributed by atoms with Crippen LogP contribution in [0.2, 0.25) is 0 Å². The fourth-order valence-electron chi connectivity index (χ4n) is 4.00. The van der Waals surface area contributed by atoms with Crippen molar-refractivity contribution in [3.05, 3.63) is 52.4 Å². The molecule has 9 nitrogen and oxygen atoms in total. The quantitative estimate of drug-likeness (QED) is 0.627. The maximum Gasteiger partial charge on any atom is 0.266 e. The molecule has 1 N–H and O–H groups in total. The highest BCUT2D eigenvalue weighted by Crippen LogP contribution is 2.34. The van der Waals surface area contributed by atoms with Crippen LogP contribution in [-0.2, 0) is 22.8 Å². The number of thiophene rings is 1. The number of carbonyl (C=O) groups is 2. The first-order valence-electron chi connectivity index (χ1n) is 10.1. The molecule has 32 heavy (non-hydrogen) atoms. The van der Waals surface area contributed by atoms with Crippen LogP contribution >= 0.6 is 11.3 Å². The molecule has 0 spiro atoms. The molecule has 2 amide bonds. The Labute approximate surface area is 189 Å². The number of anilines is 3. The van der Waals surface area contributed by atoms with Crippen LogP contribution in [0.5, 0.6) is 0 Å². The van der Waals surface area contributed by atoms with Crippen LogP contribution in [0.15, 0.2) is 40.6 Å². The third kappa shape index (κ3) is 3.56. The SMILES string of the molecule is CN1CCc2cc(N3CCn4nc(NC(=O)c5ccc(S(C)(=O)=O)s5)cc43)ccc2C1=O. The lowest BCUT2D eigenvalue weighted by Gasteiger charge is -2.26. The molecule has 3 aromatic rings. The van der Waals surface area contributed by atoms with Crippen molar-refractivity contribution in [2.24, 2.45) is 0 Å². The Morgan fingerprint density at radius 3 is 2.69 bits per heavy atom. The van der Waals surface area contributed by atoms with Gasteiger partial charge in [-0.1, -0.05) is 0 Å². The van der Waals surface area contributed by atoms with Crippen molar-refractivity contribution in [2.75, 3.05) is 36.6 Å². The molecule has 11 heteroatoms. The molecule has 0 saturated heterocycles. The van der Waals surface area contributed by atoms with Crippen LogP contribution in [0.1, 0.15) is 25.6 Å². The summed E-state index contributed by atoms with van der Waals surface area (Å²) < 4.78 is 25.3. The maximum atomic E-state index is 12.6. The topological polar surface area (TPSA) is 105 Å². The zero-order valence-corrected chi connectivity index (χ0v) is 19.2. The molecule has 166 valence electrons. The van der Waals surface area contributed by atoms with E-state index in [-0.39, 0.29) is 10.1 Å². The van der Waals surface area contributed by atoms with Gasteiger partial charge < -0.3 is 15.1 Å². The summed E-state index contributed by atoms with van der Waals surface area (Å²) in [6.45, 7) is 2.11. The number of aromatic nitrogens is 2. The number of nitrogens with zero attached hydrogens (tertiary/aromatic N) is 4. The van der Waals surface area contributed by atoms with Gasteiger partial charge in [-0.15, -0.1) is 11.3 Å². The maximum absolute atomic E-state index is 12.6. The van der Waals surface area contributed by atoms with Crippen molar-refractivity contribution in [1.82, 2.24) is 14.7 Å². The van der Waals surface area contributed by atoms with Crippen molar-refractivity contribution >= 4 is 50.3 Å².